The van der Waals surface area contributed by atoms with E-state index in [-0.39, 0.29) is 24.2 Å². The third kappa shape index (κ3) is 4.07. The number of anilines is 1. The van der Waals surface area contributed by atoms with Crippen molar-refractivity contribution in [3.05, 3.63) is 30.5 Å². The Balaban J connectivity index is 1.63. The predicted molar refractivity (Wildman–Crippen MR) is 98.9 cm³/mol. The summed E-state index contributed by atoms with van der Waals surface area (Å²) in [5, 5.41) is 10.3. The van der Waals surface area contributed by atoms with Gasteiger partial charge in [0, 0.05) is 32.1 Å². The zero-order valence-corrected chi connectivity index (χ0v) is 15.8. The second kappa shape index (κ2) is 7.90. The Morgan fingerprint density at radius 1 is 1.38 bits per heavy atom. The normalized spacial score (nSPS) is 21.1. The first-order chi connectivity index (χ1) is 12.5. The molecule has 3 heterocycles. The van der Waals surface area contributed by atoms with Crippen molar-refractivity contribution in [2.75, 3.05) is 11.9 Å². The van der Waals surface area contributed by atoms with Gasteiger partial charge in [0.1, 0.15) is 17.7 Å². The summed E-state index contributed by atoms with van der Waals surface area (Å²) in [6, 6.07) is 1.67. The van der Waals surface area contributed by atoms with E-state index in [1.165, 1.54) is 0 Å². The first-order valence-corrected chi connectivity index (χ1v) is 9.15. The molecule has 0 saturated carbocycles. The van der Waals surface area contributed by atoms with Gasteiger partial charge in [-0.3, -0.25) is 5.32 Å². The van der Waals surface area contributed by atoms with Gasteiger partial charge in [-0.05, 0) is 25.7 Å². The lowest BCUT2D eigenvalue weighted by molar-refractivity contribution is 0.0913. The van der Waals surface area contributed by atoms with Crippen LogP contribution >= 0.6 is 0 Å². The number of aromatic nitrogens is 4. The maximum absolute atomic E-state index is 12.5. The first kappa shape index (κ1) is 18.4. The first-order valence-electron chi connectivity index (χ1n) is 9.15. The molecule has 1 saturated heterocycles. The summed E-state index contributed by atoms with van der Waals surface area (Å²) < 4.78 is 9.57. The highest BCUT2D eigenvalue weighted by Gasteiger charge is 2.33. The zero-order valence-electron chi connectivity index (χ0n) is 15.8. The van der Waals surface area contributed by atoms with Crippen LogP contribution in [0.25, 0.3) is 0 Å². The summed E-state index contributed by atoms with van der Waals surface area (Å²) in [6.45, 7) is 7.07. The number of aryl methyl sites for hydroxylation is 1. The molecule has 2 N–H and O–H groups in total. The Morgan fingerprint density at radius 2 is 2.19 bits per heavy atom. The van der Waals surface area contributed by atoms with Gasteiger partial charge in [-0.25, -0.2) is 14.5 Å². The lowest BCUT2D eigenvalue weighted by Crippen LogP contribution is -2.40. The number of nitrogens with zero attached hydrogens (tertiary/aromatic N) is 4. The second-order valence-electron chi connectivity index (χ2n) is 7.32. The summed E-state index contributed by atoms with van der Waals surface area (Å²) >= 11 is 0. The van der Waals surface area contributed by atoms with Gasteiger partial charge in [0.2, 0.25) is 0 Å². The molecule has 2 aromatic rings. The highest BCUT2D eigenvalue weighted by molar-refractivity contribution is 5.88. The average Bonchev–Trinajstić information content (AvgIpc) is 3.27. The summed E-state index contributed by atoms with van der Waals surface area (Å²) in [6.07, 6.45) is 6.85. The van der Waals surface area contributed by atoms with Crippen LogP contribution in [0.3, 0.4) is 0 Å². The highest BCUT2D eigenvalue weighted by Crippen LogP contribution is 2.28. The van der Waals surface area contributed by atoms with Crippen molar-refractivity contribution in [2.45, 2.75) is 51.8 Å². The van der Waals surface area contributed by atoms with Gasteiger partial charge in [0.15, 0.2) is 0 Å². The number of hydrogen-bond acceptors (Lipinski definition) is 4. The van der Waals surface area contributed by atoms with Crippen molar-refractivity contribution in [3.8, 4) is 0 Å². The molecule has 2 amide bonds. The number of carbonyl (C=O) groups excluding carboxylic acids is 1. The smallest absolute Gasteiger partial charge is 0.320 e. The molecule has 8 heteroatoms. The lowest BCUT2D eigenvalue weighted by atomic mass is 10.1. The van der Waals surface area contributed by atoms with Gasteiger partial charge in [-0.1, -0.05) is 13.8 Å². The van der Waals surface area contributed by atoms with Crippen LogP contribution in [-0.4, -0.2) is 38.0 Å². The molecule has 3 atom stereocenters. The monoisotopic (exact) mass is 360 g/mol. The molecule has 1 aliphatic heterocycles. The Hall–Kier alpha value is -2.35. The molecule has 0 aliphatic carbocycles. The number of amides is 2. The molecular weight excluding hydrogens is 332 g/mol. The molecule has 8 nitrogen and oxygen atoms in total. The molecule has 0 spiro atoms. The van der Waals surface area contributed by atoms with Crippen LogP contribution in [0, 0.1) is 5.92 Å². The maximum atomic E-state index is 12.5. The van der Waals surface area contributed by atoms with Crippen molar-refractivity contribution in [1.29, 1.82) is 0 Å². The summed E-state index contributed by atoms with van der Waals surface area (Å²) in [5.74, 6) is 2.08. The Morgan fingerprint density at radius 3 is 2.88 bits per heavy atom. The van der Waals surface area contributed by atoms with E-state index in [4.69, 9.17) is 4.74 Å². The van der Waals surface area contributed by atoms with Crippen LogP contribution in [0.4, 0.5) is 10.6 Å². The molecular formula is C18H28N6O2. The van der Waals surface area contributed by atoms with E-state index >= 15 is 0 Å². The van der Waals surface area contributed by atoms with Gasteiger partial charge >= 0.3 is 6.03 Å². The minimum Gasteiger partial charge on any atom is -0.368 e. The van der Waals surface area contributed by atoms with Crippen LogP contribution in [0.15, 0.2) is 24.7 Å². The van der Waals surface area contributed by atoms with E-state index in [0.717, 1.165) is 18.7 Å². The van der Waals surface area contributed by atoms with E-state index < -0.39 is 0 Å². The van der Waals surface area contributed by atoms with Crippen molar-refractivity contribution in [1.82, 2.24) is 24.6 Å². The largest absolute Gasteiger partial charge is 0.368 e. The quantitative estimate of drug-likeness (QED) is 0.829. The van der Waals surface area contributed by atoms with Crippen molar-refractivity contribution in [2.24, 2.45) is 13.0 Å². The number of rotatable bonds is 6. The minimum atomic E-state index is -0.252. The fraction of sp³-hybridized carbons (Fsp3) is 0.611. The number of imidazole rings is 1. The fourth-order valence-electron chi connectivity index (χ4n) is 3.51. The van der Waals surface area contributed by atoms with Crippen LogP contribution in [-0.2, 0) is 11.8 Å². The standard InChI is InChI=1S/C18H28N6O2/c1-12(2)11-13(3)24-15(5-7-20-24)22-18(25)21-14-6-10-26-16(14)17-19-8-9-23(17)4/h5,7-9,12-14,16H,6,10-11H2,1-4H3,(H2,21,22,25)/t13?,14-,16-/m1/s1. The number of urea groups is 1. The Bertz CT molecular complexity index is 738. The SMILES string of the molecule is CC(C)CC(C)n1nccc1NC(=O)N[C@@H]1CCO[C@H]1c1nccn1C. The summed E-state index contributed by atoms with van der Waals surface area (Å²) in [7, 11) is 1.93. The molecule has 0 bridgehead atoms. The minimum absolute atomic E-state index is 0.111. The Kier molecular flexibility index (Phi) is 5.61. The number of hydrogen-bond donors (Lipinski definition) is 2. The molecule has 0 aromatic carbocycles. The fourth-order valence-corrected chi connectivity index (χ4v) is 3.51. The number of carbonyl (C=O) groups is 1. The third-order valence-electron chi connectivity index (χ3n) is 4.66. The molecule has 1 fully saturated rings. The van der Waals surface area contributed by atoms with Crippen LogP contribution in [0.5, 0.6) is 0 Å². The van der Waals surface area contributed by atoms with Crippen LogP contribution in [0.2, 0.25) is 0 Å². The summed E-state index contributed by atoms with van der Waals surface area (Å²) in [5.41, 5.74) is 0. The molecule has 142 valence electrons. The van der Waals surface area contributed by atoms with Crippen molar-refractivity contribution >= 4 is 11.8 Å². The zero-order chi connectivity index (χ0) is 18.7. The molecule has 0 radical (unpaired) electrons. The molecule has 1 unspecified atom stereocenters. The van der Waals surface area contributed by atoms with E-state index in [1.807, 2.05) is 28.6 Å². The highest BCUT2D eigenvalue weighted by atomic mass is 16.5. The van der Waals surface area contributed by atoms with E-state index in [2.05, 4.69) is 41.5 Å². The molecule has 3 rings (SSSR count). The third-order valence-corrected chi connectivity index (χ3v) is 4.66. The lowest BCUT2D eigenvalue weighted by Gasteiger charge is -2.21. The van der Waals surface area contributed by atoms with Crippen LogP contribution < -0.4 is 10.6 Å². The van der Waals surface area contributed by atoms with Crippen molar-refractivity contribution in [3.63, 3.8) is 0 Å². The summed E-state index contributed by atoms with van der Waals surface area (Å²) in [4.78, 5) is 16.9. The van der Waals surface area contributed by atoms with Crippen molar-refractivity contribution < 1.29 is 9.53 Å². The van der Waals surface area contributed by atoms with E-state index in [9.17, 15) is 4.79 Å². The van der Waals surface area contributed by atoms with Crippen LogP contribution in [0.1, 0.15) is 51.6 Å². The predicted octanol–water partition coefficient (Wildman–Crippen LogP) is 2.88. The maximum Gasteiger partial charge on any atom is 0.320 e. The van der Waals surface area contributed by atoms with E-state index in [1.54, 1.807) is 12.4 Å². The van der Waals surface area contributed by atoms with Gasteiger partial charge in [-0.2, -0.15) is 5.10 Å². The average molecular weight is 360 g/mol. The number of ether oxygens (including phenoxy) is 1. The molecule has 1 aliphatic rings. The second-order valence-corrected chi connectivity index (χ2v) is 7.32. The van der Waals surface area contributed by atoms with Gasteiger partial charge in [-0.15, -0.1) is 0 Å². The molecule has 2 aromatic heterocycles. The Labute approximate surface area is 153 Å². The number of nitrogens with one attached hydrogen (secondary N) is 2. The van der Waals surface area contributed by atoms with Gasteiger partial charge < -0.3 is 14.6 Å². The topological polar surface area (TPSA) is 86.0 Å². The van der Waals surface area contributed by atoms with E-state index in [0.29, 0.717) is 18.3 Å². The van der Waals surface area contributed by atoms with Gasteiger partial charge in [0.25, 0.3) is 0 Å². The van der Waals surface area contributed by atoms with Gasteiger partial charge in [0.05, 0.1) is 18.3 Å². The molecule has 26 heavy (non-hydrogen) atoms.